The first-order valence-corrected chi connectivity index (χ1v) is 14.7. The molecule has 210 valence electrons. The Balaban J connectivity index is 1.23. The fourth-order valence-electron chi connectivity index (χ4n) is 5.62. The van der Waals surface area contributed by atoms with E-state index in [0.29, 0.717) is 65.0 Å². The highest BCUT2D eigenvalue weighted by Gasteiger charge is 2.31. The second-order valence-corrected chi connectivity index (χ2v) is 11.6. The zero-order valence-corrected chi connectivity index (χ0v) is 23.9. The number of nitrogens with two attached hydrogens (primary N) is 1. The van der Waals surface area contributed by atoms with Gasteiger partial charge in [-0.05, 0) is 87.6 Å². The molecule has 1 saturated heterocycles. The van der Waals surface area contributed by atoms with Crippen molar-refractivity contribution in [2.45, 2.75) is 69.9 Å². The van der Waals surface area contributed by atoms with Crippen LogP contribution in [-0.4, -0.2) is 40.4 Å². The van der Waals surface area contributed by atoms with E-state index < -0.39 is 0 Å². The van der Waals surface area contributed by atoms with E-state index in [4.69, 9.17) is 38.7 Å². The molecule has 2 aliphatic rings. The van der Waals surface area contributed by atoms with Crippen molar-refractivity contribution in [1.29, 1.82) is 0 Å². The minimum absolute atomic E-state index is 0.0462. The van der Waals surface area contributed by atoms with E-state index in [2.05, 4.69) is 10.3 Å². The highest BCUT2D eigenvalue weighted by molar-refractivity contribution is 6.36. The number of hydrogen-bond donors (Lipinski definition) is 2. The number of ketones is 1. The first-order valence-electron chi connectivity index (χ1n) is 14.0. The monoisotopic (exact) mass is 580 g/mol. The maximum atomic E-state index is 13.3. The van der Waals surface area contributed by atoms with E-state index in [-0.39, 0.29) is 29.8 Å². The van der Waals surface area contributed by atoms with E-state index in [0.717, 1.165) is 43.2 Å². The molecule has 1 aliphatic carbocycles. The Morgan fingerprint density at radius 3 is 2.55 bits per heavy atom. The number of nitrogens with one attached hydrogen (secondary N) is 1. The summed E-state index contributed by atoms with van der Waals surface area (Å²) in [4.78, 5) is 35.1. The summed E-state index contributed by atoms with van der Waals surface area (Å²) < 4.78 is 5.70. The van der Waals surface area contributed by atoms with Gasteiger partial charge in [0.2, 0.25) is 0 Å². The molecule has 2 heterocycles. The van der Waals surface area contributed by atoms with Crippen LogP contribution in [0.5, 0.6) is 0 Å². The molecule has 5 rings (SSSR count). The third-order valence-electron chi connectivity index (χ3n) is 7.89. The maximum Gasteiger partial charge on any atom is 0.323 e. The number of carbonyl (C=O) groups excluding carboxylic acids is 2. The number of rotatable bonds is 9. The average molecular weight is 582 g/mol. The molecule has 1 saturated carbocycles. The topological polar surface area (TPSA) is 107 Å². The van der Waals surface area contributed by atoms with Gasteiger partial charge in [0.05, 0.1) is 17.6 Å². The summed E-state index contributed by atoms with van der Waals surface area (Å²) >= 11 is 12.7. The number of esters is 1. The van der Waals surface area contributed by atoms with Crippen molar-refractivity contribution in [3.8, 4) is 11.3 Å². The number of benzene rings is 2. The molecular formula is C31H34Cl2N4O3. The Kier molecular flexibility index (Phi) is 9.35. The summed E-state index contributed by atoms with van der Waals surface area (Å²) in [5.41, 5.74) is 9.67. The zero-order valence-electron chi connectivity index (χ0n) is 22.4. The molecule has 0 amide bonds. The molecule has 2 aromatic carbocycles. The lowest BCUT2D eigenvalue weighted by Gasteiger charge is -2.29. The number of hydrogen-bond acceptors (Lipinski definition) is 7. The minimum Gasteiger partial charge on any atom is -0.461 e. The quantitative estimate of drug-likeness (QED) is 0.227. The Labute approximate surface area is 244 Å². The zero-order chi connectivity index (χ0) is 28.1. The van der Waals surface area contributed by atoms with Crippen LogP contribution in [0.25, 0.3) is 11.3 Å². The van der Waals surface area contributed by atoms with E-state index in [1.54, 1.807) is 6.20 Å². The number of nitrogens with zero attached hydrogens (tertiary/aromatic N) is 2. The van der Waals surface area contributed by atoms with Crippen LogP contribution in [-0.2, 0) is 22.4 Å². The molecule has 1 aromatic heterocycles. The first-order chi connectivity index (χ1) is 19.4. The van der Waals surface area contributed by atoms with Crippen molar-refractivity contribution in [2.24, 2.45) is 5.92 Å². The molecule has 2 unspecified atom stereocenters. The SMILES string of the molecule is Nc1ncc(-c2cccc(C(=O)CC3CCNC(C(=O)OC4CCCC4)C3)c2)nc1CCc1c(Cl)cccc1Cl. The molecule has 0 bridgehead atoms. The predicted octanol–water partition coefficient (Wildman–Crippen LogP) is 6.24. The van der Waals surface area contributed by atoms with Crippen LogP contribution in [0.3, 0.4) is 0 Å². The number of carbonyl (C=O) groups is 2. The van der Waals surface area contributed by atoms with Crippen LogP contribution >= 0.6 is 23.2 Å². The highest BCUT2D eigenvalue weighted by atomic mass is 35.5. The molecule has 7 nitrogen and oxygen atoms in total. The standard InChI is InChI=1S/C31H34Cl2N4O3/c32-24-9-4-10-25(33)23(24)11-12-26-30(34)36-18-28(37-26)20-5-3-6-21(17-20)29(38)16-19-13-14-35-27(15-19)31(39)40-22-7-1-2-8-22/h3-6,9-10,17-19,22,27,35H,1-2,7-8,11-16H2,(H2,34,36). The number of anilines is 1. The number of Topliss-reactive ketones (excluding diaryl/α,β-unsaturated/α-hetero) is 1. The molecule has 1 aliphatic heterocycles. The van der Waals surface area contributed by atoms with Gasteiger partial charge in [-0.3, -0.25) is 9.59 Å². The summed E-state index contributed by atoms with van der Waals surface area (Å²) in [6.45, 7) is 0.700. The summed E-state index contributed by atoms with van der Waals surface area (Å²) in [6.07, 6.45) is 8.75. The number of nitrogen functional groups attached to an aromatic ring is 1. The van der Waals surface area contributed by atoms with Crippen molar-refractivity contribution >= 4 is 40.8 Å². The number of aryl methyl sites for hydroxylation is 1. The third kappa shape index (κ3) is 7.00. The van der Waals surface area contributed by atoms with Gasteiger partial charge in [-0.25, -0.2) is 9.97 Å². The molecule has 40 heavy (non-hydrogen) atoms. The molecule has 3 aromatic rings. The molecular weight excluding hydrogens is 547 g/mol. The van der Waals surface area contributed by atoms with Gasteiger partial charge >= 0.3 is 5.97 Å². The molecule has 9 heteroatoms. The maximum absolute atomic E-state index is 13.3. The van der Waals surface area contributed by atoms with Crippen molar-refractivity contribution in [1.82, 2.24) is 15.3 Å². The predicted molar refractivity (Wildman–Crippen MR) is 158 cm³/mol. The van der Waals surface area contributed by atoms with E-state index in [1.165, 1.54) is 0 Å². The van der Waals surface area contributed by atoms with Crippen LogP contribution in [0.4, 0.5) is 5.82 Å². The van der Waals surface area contributed by atoms with Crippen molar-refractivity contribution in [2.75, 3.05) is 12.3 Å². The van der Waals surface area contributed by atoms with E-state index >= 15 is 0 Å². The molecule has 0 spiro atoms. The van der Waals surface area contributed by atoms with Crippen molar-refractivity contribution in [3.05, 3.63) is 75.5 Å². The lowest BCUT2D eigenvalue weighted by Crippen LogP contribution is -2.45. The molecule has 2 atom stereocenters. The van der Waals surface area contributed by atoms with E-state index in [1.807, 2.05) is 42.5 Å². The molecule has 0 radical (unpaired) electrons. The van der Waals surface area contributed by atoms with Gasteiger partial charge in [0.15, 0.2) is 5.78 Å². The summed E-state index contributed by atoms with van der Waals surface area (Å²) in [7, 11) is 0. The number of piperidine rings is 1. The second kappa shape index (κ2) is 13.1. The Morgan fingerprint density at radius 1 is 1.02 bits per heavy atom. The summed E-state index contributed by atoms with van der Waals surface area (Å²) in [6, 6.07) is 12.5. The largest absolute Gasteiger partial charge is 0.461 e. The van der Waals surface area contributed by atoms with Crippen LogP contribution in [0.2, 0.25) is 10.0 Å². The smallest absolute Gasteiger partial charge is 0.323 e. The summed E-state index contributed by atoms with van der Waals surface area (Å²) in [5, 5.41) is 4.48. The average Bonchev–Trinajstić information content (AvgIpc) is 3.47. The van der Waals surface area contributed by atoms with Gasteiger partial charge in [0.1, 0.15) is 18.0 Å². The van der Waals surface area contributed by atoms with Crippen LogP contribution < -0.4 is 11.1 Å². The Hall–Kier alpha value is -3.00. The molecule has 3 N–H and O–H groups in total. The van der Waals surface area contributed by atoms with Gasteiger partial charge in [0, 0.05) is 27.6 Å². The fourth-order valence-corrected chi connectivity index (χ4v) is 6.21. The van der Waals surface area contributed by atoms with Crippen molar-refractivity contribution in [3.63, 3.8) is 0 Å². The number of ether oxygens (including phenoxy) is 1. The van der Waals surface area contributed by atoms with Crippen LogP contribution in [0.15, 0.2) is 48.7 Å². The second-order valence-electron chi connectivity index (χ2n) is 10.7. The Bertz CT molecular complexity index is 1360. The molecule has 2 fully saturated rings. The van der Waals surface area contributed by atoms with Gasteiger partial charge in [-0.15, -0.1) is 0 Å². The van der Waals surface area contributed by atoms with Crippen molar-refractivity contribution < 1.29 is 14.3 Å². The van der Waals surface area contributed by atoms with Gasteiger partial charge in [-0.1, -0.05) is 47.5 Å². The Morgan fingerprint density at radius 2 is 1.77 bits per heavy atom. The lowest BCUT2D eigenvalue weighted by molar-refractivity contribution is -0.152. The number of halogens is 2. The lowest BCUT2D eigenvalue weighted by atomic mass is 9.86. The van der Waals surface area contributed by atoms with Crippen LogP contribution in [0.1, 0.15) is 66.6 Å². The number of aromatic nitrogens is 2. The van der Waals surface area contributed by atoms with Gasteiger partial charge in [0.25, 0.3) is 0 Å². The normalized spacial score (nSPS) is 19.4. The first kappa shape index (κ1) is 28.5. The summed E-state index contributed by atoms with van der Waals surface area (Å²) in [5.74, 6) is 0.346. The third-order valence-corrected chi connectivity index (χ3v) is 8.59. The van der Waals surface area contributed by atoms with E-state index in [9.17, 15) is 9.59 Å². The van der Waals surface area contributed by atoms with Crippen LogP contribution in [0, 0.1) is 5.92 Å². The van der Waals surface area contributed by atoms with Gasteiger partial charge < -0.3 is 15.8 Å². The highest BCUT2D eigenvalue weighted by Crippen LogP contribution is 2.29. The fraction of sp³-hybridized carbons (Fsp3) is 0.419. The van der Waals surface area contributed by atoms with Gasteiger partial charge in [-0.2, -0.15) is 0 Å². The minimum atomic E-state index is -0.345.